The lowest BCUT2D eigenvalue weighted by molar-refractivity contribution is 0.177. The quantitative estimate of drug-likeness (QED) is 0.744. The van der Waals surface area contributed by atoms with E-state index in [4.69, 9.17) is 6.42 Å². The first kappa shape index (κ1) is 9.64. The normalized spacial score (nSPS) is 21.3. The second-order valence-electron chi connectivity index (χ2n) is 3.44. The minimum Gasteiger partial charge on any atom is -0.391 e. The SMILES string of the molecule is C#CCC(O)C1Cc2ccccc2S1. The highest BCUT2D eigenvalue weighted by atomic mass is 32.2. The van der Waals surface area contributed by atoms with E-state index in [1.54, 1.807) is 11.8 Å². The van der Waals surface area contributed by atoms with E-state index in [1.807, 2.05) is 12.1 Å². The van der Waals surface area contributed by atoms with Gasteiger partial charge in [0.05, 0.1) is 6.10 Å². The summed E-state index contributed by atoms with van der Waals surface area (Å²) in [6.45, 7) is 0. The van der Waals surface area contributed by atoms with Crippen molar-refractivity contribution in [1.29, 1.82) is 0 Å². The van der Waals surface area contributed by atoms with Gasteiger partial charge in [0.1, 0.15) is 0 Å². The van der Waals surface area contributed by atoms with Gasteiger partial charge in [0.15, 0.2) is 0 Å². The molecule has 1 N–H and O–H groups in total. The molecule has 0 bridgehead atoms. The van der Waals surface area contributed by atoms with Gasteiger partial charge in [0.25, 0.3) is 0 Å². The summed E-state index contributed by atoms with van der Waals surface area (Å²) in [7, 11) is 0. The van der Waals surface area contributed by atoms with Gasteiger partial charge in [-0.05, 0) is 18.1 Å². The van der Waals surface area contributed by atoms with Crippen molar-refractivity contribution in [3.63, 3.8) is 0 Å². The van der Waals surface area contributed by atoms with Gasteiger partial charge in [0, 0.05) is 16.6 Å². The first-order chi connectivity index (χ1) is 6.81. The molecule has 0 radical (unpaired) electrons. The highest BCUT2D eigenvalue weighted by molar-refractivity contribution is 8.00. The lowest BCUT2D eigenvalue weighted by Gasteiger charge is -2.13. The van der Waals surface area contributed by atoms with Gasteiger partial charge in [-0.3, -0.25) is 0 Å². The molecule has 2 heteroatoms. The van der Waals surface area contributed by atoms with E-state index in [1.165, 1.54) is 10.5 Å². The fourth-order valence-electron chi connectivity index (χ4n) is 1.68. The Balaban J connectivity index is 2.08. The largest absolute Gasteiger partial charge is 0.391 e. The zero-order chi connectivity index (χ0) is 9.97. The number of aliphatic hydroxyl groups is 1. The van der Waals surface area contributed by atoms with Gasteiger partial charge in [-0.25, -0.2) is 0 Å². The van der Waals surface area contributed by atoms with Gasteiger partial charge in [0.2, 0.25) is 0 Å². The van der Waals surface area contributed by atoms with E-state index in [0.717, 1.165) is 6.42 Å². The lowest BCUT2D eigenvalue weighted by atomic mass is 10.1. The van der Waals surface area contributed by atoms with Crippen molar-refractivity contribution in [3.05, 3.63) is 29.8 Å². The molecule has 2 rings (SSSR count). The van der Waals surface area contributed by atoms with Crippen molar-refractivity contribution >= 4 is 11.8 Å². The van der Waals surface area contributed by atoms with Crippen LogP contribution in [0.4, 0.5) is 0 Å². The molecule has 1 heterocycles. The van der Waals surface area contributed by atoms with Crippen molar-refractivity contribution in [2.45, 2.75) is 29.1 Å². The average Bonchev–Trinajstić information content (AvgIpc) is 2.61. The monoisotopic (exact) mass is 204 g/mol. The predicted molar refractivity (Wildman–Crippen MR) is 59.2 cm³/mol. The molecule has 1 aliphatic rings. The summed E-state index contributed by atoms with van der Waals surface area (Å²) in [6.07, 6.45) is 6.19. The molecule has 0 aliphatic carbocycles. The average molecular weight is 204 g/mol. The Morgan fingerprint density at radius 2 is 2.36 bits per heavy atom. The maximum Gasteiger partial charge on any atom is 0.0774 e. The van der Waals surface area contributed by atoms with Crippen LogP contribution in [0.1, 0.15) is 12.0 Å². The van der Waals surface area contributed by atoms with Crippen LogP contribution in [0.2, 0.25) is 0 Å². The molecular formula is C12H12OS. The van der Waals surface area contributed by atoms with E-state index < -0.39 is 0 Å². The van der Waals surface area contributed by atoms with Crippen LogP contribution in [0.15, 0.2) is 29.2 Å². The Labute approximate surface area is 88.5 Å². The van der Waals surface area contributed by atoms with Crippen LogP contribution in [0.3, 0.4) is 0 Å². The molecule has 1 aromatic carbocycles. The van der Waals surface area contributed by atoms with Crippen molar-refractivity contribution < 1.29 is 5.11 Å². The molecule has 1 aliphatic heterocycles. The van der Waals surface area contributed by atoms with Gasteiger partial charge in [-0.1, -0.05) is 18.2 Å². The maximum atomic E-state index is 9.76. The topological polar surface area (TPSA) is 20.2 Å². The molecule has 2 atom stereocenters. The fourth-order valence-corrected chi connectivity index (χ4v) is 2.98. The number of rotatable bonds is 2. The highest BCUT2D eigenvalue weighted by Gasteiger charge is 2.27. The number of terminal acetylenes is 1. The lowest BCUT2D eigenvalue weighted by Crippen LogP contribution is -2.21. The summed E-state index contributed by atoms with van der Waals surface area (Å²) < 4.78 is 0. The van der Waals surface area contributed by atoms with E-state index in [-0.39, 0.29) is 11.4 Å². The molecular weight excluding hydrogens is 192 g/mol. The minimum absolute atomic E-state index is 0.239. The van der Waals surface area contributed by atoms with Crippen molar-refractivity contribution in [2.75, 3.05) is 0 Å². The zero-order valence-corrected chi connectivity index (χ0v) is 8.63. The zero-order valence-electron chi connectivity index (χ0n) is 7.81. The molecule has 1 aromatic rings. The number of fused-ring (bicyclic) bond motifs is 1. The Morgan fingerprint density at radius 1 is 1.57 bits per heavy atom. The number of aliphatic hydroxyl groups excluding tert-OH is 1. The minimum atomic E-state index is -0.377. The Hall–Kier alpha value is -0.910. The second kappa shape index (κ2) is 4.08. The maximum absolute atomic E-state index is 9.76. The second-order valence-corrected chi connectivity index (χ2v) is 4.72. The van der Waals surface area contributed by atoms with Gasteiger partial charge in [-0.15, -0.1) is 24.1 Å². The number of benzene rings is 1. The van der Waals surface area contributed by atoms with Gasteiger partial charge in [-0.2, -0.15) is 0 Å². The van der Waals surface area contributed by atoms with Crippen molar-refractivity contribution in [3.8, 4) is 12.3 Å². The molecule has 0 fully saturated rings. The third kappa shape index (κ3) is 1.79. The summed E-state index contributed by atoms with van der Waals surface area (Å²) in [5.41, 5.74) is 1.33. The molecule has 0 saturated carbocycles. The highest BCUT2D eigenvalue weighted by Crippen LogP contribution is 2.38. The molecule has 2 unspecified atom stereocenters. The summed E-state index contributed by atoms with van der Waals surface area (Å²) in [6, 6.07) is 8.28. The Kier molecular flexibility index (Phi) is 2.81. The van der Waals surface area contributed by atoms with E-state index >= 15 is 0 Å². The van der Waals surface area contributed by atoms with E-state index in [2.05, 4.69) is 18.1 Å². The standard InChI is InChI=1S/C12H12OS/c1-2-5-10(13)12-8-9-6-3-4-7-11(9)14-12/h1,3-4,6-7,10,12-13H,5,8H2. The molecule has 0 spiro atoms. The smallest absolute Gasteiger partial charge is 0.0774 e. The predicted octanol–water partition coefficient (Wildman–Crippen LogP) is 2.09. The first-order valence-corrected chi connectivity index (χ1v) is 5.55. The number of hydrogen-bond acceptors (Lipinski definition) is 2. The third-order valence-electron chi connectivity index (χ3n) is 2.43. The molecule has 14 heavy (non-hydrogen) atoms. The van der Waals surface area contributed by atoms with Crippen LogP contribution in [-0.4, -0.2) is 16.5 Å². The summed E-state index contributed by atoms with van der Waals surface area (Å²) in [4.78, 5) is 1.29. The summed E-state index contributed by atoms with van der Waals surface area (Å²) in [5.74, 6) is 2.51. The molecule has 72 valence electrons. The van der Waals surface area contributed by atoms with Crippen LogP contribution in [-0.2, 0) is 6.42 Å². The number of thioether (sulfide) groups is 1. The summed E-state index contributed by atoms with van der Waals surface area (Å²) in [5, 5.41) is 10.00. The Morgan fingerprint density at radius 3 is 3.07 bits per heavy atom. The van der Waals surface area contributed by atoms with Gasteiger partial charge < -0.3 is 5.11 Å². The van der Waals surface area contributed by atoms with Crippen LogP contribution in [0, 0.1) is 12.3 Å². The van der Waals surface area contributed by atoms with Crippen LogP contribution < -0.4 is 0 Å². The molecule has 0 amide bonds. The van der Waals surface area contributed by atoms with E-state index in [9.17, 15) is 5.11 Å². The molecule has 1 nitrogen and oxygen atoms in total. The van der Waals surface area contributed by atoms with Crippen LogP contribution in [0.25, 0.3) is 0 Å². The first-order valence-electron chi connectivity index (χ1n) is 4.67. The third-order valence-corrected chi connectivity index (χ3v) is 3.86. The van der Waals surface area contributed by atoms with Crippen molar-refractivity contribution in [1.82, 2.24) is 0 Å². The molecule has 0 aromatic heterocycles. The fraction of sp³-hybridized carbons (Fsp3) is 0.333. The van der Waals surface area contributed by atoms with Gasteiger partial charge >= 0.3 is 0 Å². The molecule has 0 saturated heterocycles. The van der Waals surface area contributed by atoms with Crippen LogP contribution in [0.5, 0.6) is 0 Å². The van der Waals surface area contributed by atoms with Crippen molar-refractivity contribution in [2.24, 2.45) is 0 Å². The van der Waals surface area contributed by atoms with Crippen LogP contribution >= 0.6 is 11.8 Å². The number of hydrogen-bond donors (Lipinski definition) is 1. The van der Waals surface area contributed by atoms with E-state index in [0.29, 0.717) is 6.42 Å². The Bertz CT molecular complexity index is 342. The summed E-state index contributed by atoms with van der Waals surface area (Å²) >= 11 is 1.74.